The van der Waals surface area contributed by atoms with Crippen molar-refractivity contribution in [2.24, 2.45) is 4.99 Å². The largest absolute Gasteiger partial charge is 0.492 e. The summed E-state index contributed by atoms with van der Waals surface area (Å²) in [6, 6.07) is 8.60. The maximum absolute atomic E-state index is 5.76. The molecular weight excluding hydrogens is 326 g/mol. The molecule has 146 valence electrons. The summed E-state index contributed by atoms with van der Waals surface area (Å²) in [5.41, 5.74) is 1.24. The number of guanidine groups is 1. The Labute approximate surface area is 158 Å². The van der Waals surface area contributed by atoms with E-state index in [1.165, 1.54) is 5.56 Å². The van der Waals surface area contributed by atoms with Gasteiger partial charge in [-0.1, -0.05) is 17.7 Å². The molecule has 0 aromatic heterocycles. The smallest absolute Gasteiger partial charge is 0.191 e. The molecule has 0 bridgehead atoms. The van der Waals surface area contributed by atoms with Gasteiger partial charge in [-0.05, 0) is 40.0 Å². The van der Waals surface area contributed by atoms with Crippen LogP contribution in [0.1, 0.15) is 19.4 Å². The zero-order valence-electron chi connectivity index (χ0n) is 16.8. The number of hydrogen-bond acceptors (Lipinski definition) is 4. The van der Waals surface area contributed by atoms with E-state index in [0.29, 0.717) is 12.6 Å². The third-order valence-corrected chi connectivity index (χ3v) is 4.70. The number of ether oxygens (including phenoxy) is 1. The summed E-state index contributed by atoms with van der Waals surface area (Å²) >= 11 is 0. The Hall–Kier alpha value is -1.79. The monoisotopic (exact) mass is 361 g/mol. The second-order valence-electron chi connectivity index (χ2n) is 7.00. The fourth-order valence-corrected chi connectivity index (χ4v) is 2.92. The van der Waals surface area contributed by atoms with E-state index in [1.54, 1.807) is 0 Å². The Morgan fingerprint density at radius 3 is 2.50 bits per heavy atom. The quantitative estimate of drug-likeness (QED) is 0.418. The molecule has 1 unspecified atom stereocenters. The first-order chi connectivity index (χ1) is 12.6. The van der Waals surface area contributed by atoms with Crippen LogP contribution in [0.15, 0.2) is 29.3 Å². The third-order valence-electron chi connectivity index (χ3n) is 4.70. The highest BCUT2D eigenvalue weighted by Gasteiger charge is 2.18. The first kappa shape index (κ1) is 20.5. The van der Waals surface area contributed by atoms with E-state index < -0.39 is 0 Å². The summed E-state index contributed by atoms with van der Waals surface area (Å²) < 4.78 is 5.76. The molecule has 6 nitrogen and oxygen atoms in total. The van der Waals surface area contributed by atoms with E-state index in [0.717, 1.165) is 57.5 Å². The number of aliphatic imine (C=N–C) groups is 1. The van der Waals surface area contributed by atoms with Gasteiger partial charge in [0.15, 0.2) is 5.96 Å². The van der Waals surface area contributed by atoms with Crippen LogP contribution in [0.4, 0.5) is 0 Å². The summed E-state index contributed by atoms with van der Waals surface area (Å²) in [6.45, 7) is 14.0. The minimum Gasteiger partial charge on any atom is -0.492 e. The zero-order chi connectivity index (χ0) is 18.8. The number of likely N-dealkylation sites (N-methyl/N-ethyl adjacent to an activating group) is 1. The Morgan fingerprint density at radius 1 is 1.15 bits per heavy atom. The van der Waals surface area contributed by atoms with Crippen molar-refractivity contribution in [3.63, 3.8) is 0 Å². The predicted octanol–water partition coefficient (Wildman–Crippen LogP) is 1.56. The summed E-state index contributed by atoms with van der Waals surface area (Å²) in [5.74, 6) is 1.77. The van der Waals surface area contributed by atoms with Crippen LogP contribution in [0.5, 0.6) is 5.75 Å². The number of benzene rings is 1. The lowest BCUT2D eigenvalue weighted by Crippen LogP contribution is -2.49. The Bertz CT molecular complexity index is 538. The van der Waals surface area contributed by atoms with Crippen molar-refractivity contribution in [3.8, 4) is 5.75 Å². The molecule has 1 saturated heterocycles. The molecule has 1 aliphatic rings. The highest BCUT2D eigenvalue weighted by molar-refractivity contribution is 5.79. The summed E-state index contributed by atoms with van der Waals surface area (Å²) in [4.78, 5) is 9.65. The molecule has 6 heteroatoms. The van der Waals surface area contributed by atoms with Gasteiger partial charge in [-0.3, -0.25) is 9.89 Å². The first-order valence-electron chi connectivity index (χ1n) is 9.72. The topological polar surface area (TPSA) is 52.1 Å². The van der Waals surface area contributed by atoms with Crippen molar-refractivity contribution in [3.05, 3.63) is 29.8 Å². The van der Waals surface area contributed by atoms with Crippen LogP contribution < -0.4 is 15.4 Å². The van der Waals surface area contributed by atoms with Crippen molar-refractivity contribution in [2.75, 3.05) is 59.5 Å². The molecule has 2 rings (SSSR count). The number of aryl methyl sites for hydroxylation is 1. The fraction of sp³-hybridized carbons (Fsp3) is 0.650. The van der Waals surface area contributed by atoms with Gasteiger partial charge in [0.2, 0.25) is 0 Å². The molecule has 0 radical (unpaired) electrons. The lowest BCUT2D eigenvalue weighted by molar-refractivity contribution is 0.122. The van der Waals surface area contributed by atoms with Crippen molar-refractivity contribution >= 4 is 5.96 Å². The molecule has 1 heterocycles. The Balaban J connectivity index is 1.72. The van der Waals surface area contributed by atoms with Gasteiger partial charge in [0, 0.05) is 38.8 Å². The van der Waals surface area contributed by atoms with Crippen LogP contribution in [0, 0.1) is 6.92 Å². The van der Waals surface area contributed by atoms with Gasteiger partial charge in [-0.25, -0.2) is 0 Å². The maximum Gasteiger partial charge on any atom is 0.191 e. The van der Waals surface area contributed by atoms with Crippen molar-refractivity contribution < 1.29 is 4.74 Å². The molecule has 2 N–H and O–H groups in total. The van der Waals surface area contributed by atoms with E-state index in [9.17, 15) is 0 Å². The SMILES string of the molecule is CCNC(=NCC(C)N1CCN(C)CC1)NCCOc1ccc(C)cc1. The third kappa shape index (κ3) is 7.22. The Kier molecular flexibility index (Phi) is 8.71. The zero-order valence-corrected chi connectivity index (χ0v) is 16.8. The molecule has 0 amide bonds. The van der Waals surface area contributed by atoms with Gasteiger partial charge in [-0.15, -0.1) is 0 Å². The van der Waals surface area contributed by atoms with Crippen molar-refractivity contribution in [2.45, 2.75) is 26.8 Å². The van der Waals surface area contributed by atoms with Crippen LogP contribution in [-0.2, 0) is 0 Å². The molecule has 0 aliphatic carbocycles. The van der Waals surface area contributed by atoms with Crippen LogP contribution in [0.25, 0.3) is 0 Å². The molecule has 0 spiro atoms. The summed E-state index contributed by atoms with van der Waals surface area (Å²) in [5, 5.41) is 6.67. The molecule has 0 saturated carbocycles. The molecule has 1 aliphatic heterocycles. The average molecular weight is 362 g/mol. The minimum absolute atomic E-state index is 0.461. The van der Waals surface area contributed by atoms with Crippen molar-refractivity contribution in [1.29, 1.82) is 0 Å². The highest BCUT2D eigenvalue weighted by atomic mass is 16.5. The van der Waals surface area contributed by atoms with Crippen LogP contribution in [0.2, 0.25) is 0 Å². The normalized spacial score (nSPS) is 17.8. The summed E-state index contributed by atoms with van der Waals surface area (Å²) in [7, 11) is 2.19. The van der Waals surface area contributed by atoms with E-state index in [4.69, 9.17) is 9.73 Å². The van der Waals surface area contributed by atoms with Gasteiger partial charge in [-0.2, -0.15) is 0 Å². The lowest BCUT2D eigenvalue weighted by atomic mass is 10.2. The predicted molar refractivity (Wildman–Crippen MR) is 109 cm³/mol. The molecular formula is C20H35N5O. The lowest BCUT2D eigenvalue weighted by Gasteiger charge is -2.35. The number of nitrogens with zero attached hydrogens (tertiary/aromatic N) is 3. The number of hydrogen-bond donors (Lipinski definition) is 2. The highest BCUT2D eigenvalue weighted by Crippen LogP contribution is 2.10. The molecule has 1 aromatic rings. The van der Waals surface area contributed by atoms with Gasteiger partial charge in [0.25, 0.3) is 0 Å². The summed E-state index contributed by atoms with van der Waals surface area (Å²) in [6.07, 6.45) is 0. The van der Waals surface area contributed by atoms with Gasteiger partial charge >= 0.3 is 0 Å². The van der Waals surface area contributed by atoms with E-state index >= 15 is 0 Å². The second-order valence-corrected chi connectivity index (χ2v) is 7.00. The standard InChI is InChI=1S/C20H35N5O/c1-5-21-20(22-10-15-26-19-8-6-17(2)7-9-19)23-16-18(3)25-13-11-24(4)12-14-25/h6-9,18H,5,10-16H2,1-4H3,(H2,21,22,23). The molecule has 1 atom stereocenters. The van der Waals surface area contributed by atoms with Crippen LogP contribution in [-0.4, -0.2) is 81.3 Å². The van der Waals surface area contributed by atoms with Gasteiger partial charge in [0.1, 0.15) is 12.4 Å². The van der Waals surface area contributed by atoms with E-state index in [1.807, 2.05) is 12.1 Å². The van der Waals surface area contributed by atoms with E-state index in [2.05, 4.69) is 60.4 Å². The van der Waals surface area contributed by atoms with E-state index in [-0.39, 0.29) is 0 Å². The molecule has 26 heavy (non-hydrogen) atoms. The minimum atomic E-state index is 0.461. The fourth-order valence-electron chi connectivity index (χ4n) is 2.92. The number of rotatable bonds is 8. The average Bonchev–Trinajstić information content (AvgIpc) is 2.65. The number of nitrogens with one attached hydrogen (secondary N) is 2. The molecule has 1 fully saturated rings. The van der Waals surface area contributed by atoms with Crippen LogP contribution >= 0.6 is 0 Å². The van der Waals surface area contributed by atoms with Crippen molar-refractivity contribution in [1.82, 2.24) is 20.4 Å². The second kappa shape index (κ2) is 11.0. The van der Waals surface area contributed by atoms with Crippen LogP contribution in [0.3, 0.4) is 0 Å². The molecule has 1 aromatic carbocycles. The van der Waals surface area contributed by atoms with Gasteiger partial charge < -0.3 is 20.3 Å². The Morgan fingerprint density at radius 2 is 1.85 bits per heavy atom. The first-order valence-corrected chi connectivity index (χ1v) is 9.72. The number of piperazine rings is 1. The van der Waals surface area contributed by atoms with Gasteiger partial charge in [0.05, 0.1) is 13.1 Å². The maximum atomic E-state index is 5.76.